The molecular formula is C99H141N3O17Si2. The number of nitrogens with zero attached hydrogens (tertiary/aromatic N) is 3. The second kappa shape index (κ2) is 38.9. The Kier molecular flexibility index (Phi) is 29.5. The number of carbonyl (C=O) groups excluding carboxylic acids is 2. The van der Waals surface area contributed by atoms with E-state index in [0.29, 0.717) is 25.4 Å². The summed E-state index contributed by atoms with van der Waals surface area (Å²) in [6, 6.07) is 54.8. The van der Waals surface area contributed by atoms with Gasteiger partial charge < -0.3 is 75.2 Å². The molecule has 662 valence electrons. The summed E-state index contributed by atoms with van der Waals surface area (Å²) in [7, 11) is -4.64. The van der Waals surface area contributed by atoms with Crippen LogP contribution in [-0.4, -0.2) is 151 Å². The maximum atomic E-state index is 18.3. The second-order valence-corrected chi connectivity index (χ2v) is 48.5. The summed E-state index contributed by atoms with van der Waals surface area (Å²) in [6.07, 6.45) is -1.34. The minimum atomic E-state index is -2.57. The molecule has 14 rings (SSSR count). The molecule has 5 aliphatic heterocycles. The molecule has 5 heterocycles. The number of rotatable bonds is 37. The Labute approximate surface area is 723 Å². The van der Waals surface area contributed by atoms with Crippen LogP contribution in [0, 0.1) is 50.7 Å². The molecule has 9 fully saturated rings. The van der Waals surface area contributed by atoms with E-state index in [-0.39, 0.29) is 79.7 Å². The van der Waals surface area contributed by atoms with Gasteiger partial charge in [-0.05, 0) is 195 Å². The van der Waals surface area contributed by atoms with Crippen LogP contribution in [0.1, 0.15) is 209 Å². The van der Waals surface area contributed by atoms with Crippen molar-refractivity contribution in [3.63, 3.8) is 0 Å². The van der Waals surface area contributed by atoms with E-state index in [2.05, 4.69) is 93.1 Å². The normalized spacial score (nSPS) is 36.8. The third-order valence-electron chi connectivity index (χ3n) is 31.4. The molecule has 5 aromatic rings. The van der Waals surface area contributed by atoms with Gasteiger partial charge in [0.2, 0.25) is 0 Å². The van der Waals surface area contributed by atoms with E-state index < -0.39 is 137 Å². The third-order valence-corrected chi connectivity index (χ3v) is 40.7. The maximum absolute atomic E-state index is 18.3. The van der Waals surface area contributed by atoms with Crippen LogP contribution in [0.2, 0.25) is 36.3 Å². The summed E-state index contributed by atoms with van der Waals surface area (Å²) >= 11 is 0. The first-order valence-corrected chi connectivity index (χ1v) is 51.3. The lowest BCUT2D eigenvalue weighted by atomic mass is 9.43. The van der Waals surface area contributed by atoms with Crippen molar-refractivity contribution in [2.24, 2.45) is 55.9 Å². The number of benzene rings is 5. The van der Waals surface area contributed by atoms with Crippen LogP contribution in [0.25, 0.3) is 10.4 Å². The van der Waals surface area contributed by atoms with E-state index in [1.807, 2.05) is 172 Å². The molecular weight excluding hydrogens is 1560 g/mol. The largest absolute Gasteiger partial charge is 0.426 e. The van der Waals surface area contributed by atoms with E-state index in [4.69, 9.17) is 70.4 Å². The molecule has 0 radical (unpaired) electrons. The topological polar surface area (TPSA) is 221 Å². The van der Waals surface area contributed by atoms with Gasteiger partial charge in [0.1, 0.15) is 49.0 Å². The molecule has 25 atom stereocenters. The predicted molar refractivity (Wildman–Crippen MR) is 470 cm³/mol. The first-order valence-electron chi connectivity index (χ1n) is 46.2. The fourth-order valence-electron chi connectivity index (χ4n) is 23.6. The van der Waals surface area contributed by atoms with Crippen molar-refractivity contribution in [3.8, 4) is 0 Å². The first-order chi connectivity index (χ1) is 58.3. The lowest BCUT2D eigenvalue weighted by Gasteiger charge is -2.66. The molecule has 0 bridgehead atoms. The molecule has 22 heteroatoms. The second-order valence-electron chi connectivity index (χ2n) is 39.1. The van der Waals surface area contributed by atoms with Gasteiger partial charge in [0.25, 0.3) is 5.79 Å². The van der Waals surface area contributed by atoms with Crippen molar-refractivity contribution < 1.29 is 80.0 Å². The number of carbonyl (C=O) groups is 2. The molecule has 20 nitrogen and oxygen atoms in total. The van der Waals surface area contributed by atoms with Crippen molar-refractivity contribution in [1.82, 2.24) is 0 Å². The Morgan fingerprint density at radius 1 is 0.562 bits per heavy atom. The zero-order valence-corrected chi connectivity index (χ0v) is 77.0. The van der Waals surface area contributed by atoms with E-state index in [9.17, 15) is 10.3 Å². The Hall–Kier alpha value is -5.58. The van der Waals surface area contributed by atoms with E-state index in [1.165, 1.54) is 6.29 Å². The predicted octanol–water partition coefficient (Wildman–Crippen LogP) is 20.9. The van der Waals surface area contributed by atoms with E-state index in [1.54, 1.807) is 0 Å². The minimum Gasteiger partial charge on any atom is -0.426 e. The van der Waals surface area contributed by atoms with E-state index in [0.717, 1.165) is 128 Å². The molecule has 121 heavy (non-hydrogen) atoms. The first kappa shape index (κ1) is 91.6. The summed E-state index contributed by atoms with van der Waals surface area (Å²) in [5.74, 6) is -3.46. The number of hydrogen-bond donors (Lipinski definition) is 0. The number of fused-ring (bicyclic) bond motifs is 4. The highest BCUT2D eigenvalue weighted by molar-refractivity contribution is 6.74. The summed E-state index contributed by atoms with van der Waals surface area (Å²) < 4.78 is 111. The fourth-order valence-corrected chi connectivity index (χ4v) is 29.5. The van der Waals surface area contributed by atoms with Gasteiger partial charge in [0.05, 0.1) is 93.6 Å². The molecule has 5 aromatic carbocycles. The number of azide groups is 1. The molecule has 4 aliphatic carbocycles. The molecule has 0 amide bonds. The van der Waals surface area contributed by atoms with Gasteiger partial charge in [0, 0.05) is 4.91 Å². The molecule has 0 aromatic heterocycles. The molecule has 4 saturated carbocycles. The van der Waals surface area contributed by atoms with Gasteiger partial charge in [-0.1, -0.05) is 253 Å². The summed E-state index contributed by atoms with van der Waals surface area (Å²) in [4.78, 5) is 35.9. The number of aldehydes is 1. The van der Waals surface area contributed by atoms with Crippen LogP contribution in [0.4, 0.5) is 0 Å². The maximum Gasteiger partial charge on any atom is 0.317 e. The quantitative estimate of drug-likeness (QED) is 0.00900. The highest BCUT2D eigenvalue weighted by Crippen LogP contribution is 2.68. The highest BCUT2D eigenvalue weighted by atomic mass is 28.4. The zero-order chi connectivity index (χ0) is 85.6. The van der Waals surface area contributed by atoms with Gasteiger partial charge >= 0.3 is 5.97 Å². The minimum absolute atomic E-state index is 0.0366. The Morgan fingerprint density at radius 3 is 1.63 bits per heavy atom. The van der Waals surface area contributed by atoms with Crippen LogP contribution in [-0.2, 0) is 113 Å². The molecule has 11 unspecified atom stereocenters. The monoisotopic (exact) mass is 1700 g/mol. The Bertz CT molecular complexity index is 4170. The molecule has 9 aliphatic rings. The number of ether oxygens (including phenoxy) is 13. The molecule has 0 spiro atoms. The third kappa shape index (κ3) is 18.9. The average Bonchev–Trinajstić information content (AvgIpc) is 1.40. The molecule has 0 N–H and O–H groups in total. The van der Waals surface area contributed by atoms with Crippen LogP contribution in [0.5, 0.6) is 0 Å². The van der Waals surface area contributed by atoms with Crippen LogP contribution in [0.3, 0.4) is 0 Å². The van der Waals surface area contributed by atoms with Crippen molar-refractivity contribution in [2.75, 3.05) is 13.2 Å². The SMILES string of the molecule is CC[C@]1(C)C[C@H](O[Si](CC)(CC)CC)[C@@]2(C(=O)OC3([C@@H]4O[C@H](C)[C@H](O[C@@H]5OC[C@@H](OCc6ccccc6)C(OCc6ccccc6)C5OCc5ccccc5)C5OC(C)(C)OC54)OC4C(OCc5ccccc5)[C@@H](N=[N+]=[N-])[C@@H](COCc5ccccc5)O[C@H]43)CCC(C)(C)CC2C1CCC1CCC[C@@H]2C1(C)CC[C@H](O[Si](CC)(CC)CC)[C@]2(C)C=O. The highest BCUT2D eigenvalue weighted by Gasteiger charge is 2.78. The lowest BCUT2D eigenvalue weighted by molar-refractivity contribution is -0.471. The van der Waals surface area contributed by atoms with Gasteiger partial charge in [-0.15, -0.1) is 0 Å². The van der Waals surface area contributed by atoms with Crippen molar-refractivity contribution in [1.29, 1.82) is 0 Å². The zero-order valence-electron chi connectivity index (χ0n) is 75.0. The number of esters is 1. The van der Waals surface area contributed by atoms with Crippen LogP contribution in [0.15, 0.2) is 157 Å². The van der Waals surface area contributed by atoms with Gasteiger partial charge in [-0.3, -0.25) is 4.79 Å². The van der Waals surface area contributed by atoms with Crippen molar-refractivity contribution in [3.05, 3.63) is 190 Å². The Morgan fingerprint density at radius 2 is 1.08 bits per heavy atom. The van der Waals surface area contributed by atoms with E-state index >= 15 is 4.79 Å². The van der Waals surface area contributed by atoms with Crippen LogP contribution >= 0.6 is 0 Å². The van der Waals surface area contributed by atoms with Crippen molar-refractivity contribution in [2.45, 2.75) is 360 Å². The van der Waals surface area contributed by atoms with Gasteiger partial charge in [-0.2, -0.15) is 0 Å². The van der Waals surface area contributed by atoms with Gasteiger partial charge in [-0.25, -0.2) is 0 Å². The standard InChI is InChI=1S/C99H141N3O17Si2/c1-16-95(13)58-80(119-121(20-5,21-6)22-7)98(56-55-93(9,10)57-75(98)74(95)52-51-73-49-38-50-78-96(73,14)54-53-79(97(78,15)66-103)118-120(17-2,18-3)19-4)92(104)117-99(90-86(116-99)84(108-62-71-45-34-26-35-46-71)81(101-102-100)76(112-90)64-105-59-68-39-28-23-29-40-68)89-87-85(114-94(11,12)115-87)82(67(8)111-89)113-91-88(109-63-72-47-36-27-37-48-72)83(107-61-70-43-32-25-33-44-70)77(65-110-91)106-60-69-41-30-24-31-42-69/h23-37,39-48,66-67,73-91H,16-22,38,49-65H2,1-15H3/t67-,73?,74?,75?,76-,77-,78-,79+,80+,81+,82+,83?,84?,85?,86?,87?,88?,89-,90-,91+,95-,96?,97-,98-,99?/m1/s1. The number of hydrogen-bond acceptors (Lipinski definition) is 18. The summed E-state index contributed by atoms with van der Waals surface area (Å²) in [6.45, 7) is 35.0. The lowest BCUT2D eigenvalue weighted by Crippen LogP contribution is -2.83. The fraction of sp³-hybridized carbons (Fsp3) is 0.677. The van der Waals surface area contributed by atoms with Crippen molar-refractivity contribution >= 4 is 28.9 Å². The summed E-state index contributed by atoms with van der Waals surface area (Å²) in [5.41, 5.74) is 13.1. The van der Waals surface area contributed by atoms with Crippen LogP contribution < -0.4 is 0 Å². The Balaban J connectivity index is 0.870. The summed E-state index contributed by atoms with van der Waals surface area (Å²) in [5, 5.41) is 4.52. The van der Waals surface area contributed by atoms with Gasteiger partial charge in [0.15, 0.2) is 40.9 Å². The average molecular weight is 1700 g/mol. The molecule has 5 saturated heterocycles. The smallest absolute Gasteiger partial charge is 0.317 e.